The van der Waals surface area contributed by atoms with Gasteiger partial charge in [0.05, 0.1) is 25.9 Å². The highest BCUT2D eigenvalue weighted by molar-refractivity contribution is 9.10. The Morgan fingerprint density at radius 1 is 1.32 bits per heavy atom. The fourth-order valence-electron chi connectivity index (χ4n) is 1.74. The first kappa shape index (κ1) is 14.7. The van der Waals surface area contributed by atoms with E-state index in [0.717, 1.165) is 22.3 Å². The van der Waals surface area contributed by atoms with E-state index in [1.807, 2.05) is 7.05 Å². The van der Waals surface area contributed by atoms with Crippen molar-refractivity contribution in [3.8, 4) is 5.75 Å². The lowest BCUT2D eigenvalue weighted by Gasteiger charge is -2.10. The molecule has 6 heteroatoms. The van der Waals surface area contributed by atoms with Crippen molar-refractivity contribution in [2.45, 2.75) is 20.0 Å². The molecule has 0 saturated heterocycles. The predicted molar refractivity (Wildman–Crippen MR) is 81.1 cm³/mol. The van der Waals surface area contributed by atoms with Crippen LogP contribution in [0.15, 0.2) is 22.7 Å². The van der Waals surface area contributed by atoms with Gasteiger partial charge in [-0.05, 0) is 34.5 Å². The molecule has 0 saturated carbocycles. The third-order valence-electron chi connectivity index (χ3n) is 2.78. The van der Waals surface area contributed by atoms with Gasteiger partial charge in [0.2, 0.25) is 0 Å². The average Bonchev–Trinajstić information content (AvgIpc) is 2.65. The van der Waals surface area contributed by atoms with E-state index in [-0.39, 0.29) is 0 Å². The average molecular weight is 364 g/mol. The van der Waals surface area contributed by atoms with Gasteiger partial charge in [-0.15, -0.1) is 0 Å². The summed E-state index contributed by atoms with van der Waals surface area (Å²) in [6, 6.07) is 5.28. The second-order valence-corrected chi connectivity index (χ2v) is 5.63. The van der Waals surface area contributed by atoms with Crippen molar-refractivity contribution >= 4 is 39.1 Å². The van der Waals surface area contributed by atoms with Crippen LogP contribution >= 0.6 is 39.1 Å². The molecule has 0 amide bonds. The number of hydrogen-bond acceptors (Lipinski definition) is 2. The van der Waals surface area contributed by atoms with Gasteiger partial charge in [0, 0.05) is 7.05 Å². The highest BCUT2D eigenvalue weighted by atomic mass is 79.9. The third kappa shape index (κ3) is 3.07. The van der Waals surface area contributed by atoms with Gasteiger partial charge < -0.3 is 4.74 Å². The van der Waals surface area contributed by atoms with Gasteiger partial charge in [0.25, 0.3) is 0 Å². The van der Waals surface area contributed by atoms with E-state index in [0.29, 0.717) is 22.4 Å². The van der Waals surface area contributed by atoms with Crippen LogP contribution < -0.4 is 4.74 Å². The van der Waals surface area contributed by atoms with Gasteiger partial charge in [-0.3, -0.25) is 4.68 Å². The van der Waals surface area contributed by atoms with Gasteiger partial charge in [-0.1, -0.05) is 36.2 Å². The number of rotatable bonds is 4. The standard InChI is InChI=1S/C13H13BrCl2N2O/c1-3-10-12(14)11(18(2)17-10)7-19-13-8(15)5-4-6-9(13)16/h4-6H,3,7H2,1-2H3. The molecule has 19 heavy (non-hydrogen) atoms. The van der Waals surface area contributed by atoms with Crippen LogP contribution in [0.1, 0.15) is 18.3 Å². The van der Waals surface area contributed by atoms with Gasteiger partial charge in [0.1, 0.15) is 6.61 Å². The Morgan fingerprint density at radius 3 is 2.47 bits per heavy atom. The number of aryl methyl sites for hydroxylation is 2. The lowest BCUT2D eigenvalue weighted by molar-refractivity contribution is 0.294. The number of ether oxygens (including phenoxy) is 1. The van der Waals surface area contributed by atoms with Crippen LogP contribution in [0.2, 0.25) is 10.0 Å². The first-order valence-electron chi connectivity index (χ1n) is 5.81. The lowest BCUT2D eigenvalue weighted by atomic mass is 10.3. The van der Waals surface area contributed by atoms with Crippen molar-refractivity contribution in [1.82, 2.24) is 9.78 Å². The molecule has 2 rings (SSSR count). The Kier molecular flexibility index (Phi) is 4.76. The topological polar surface area (TPSA) is 27.1 Å². The minimum atomic E-state index is 0.355. The Hall–Kier alpha value is -0.710. The normalized spacial score (nSPS) is 10.8. The number of hydrogen-bond donors (Lipinski definition) is 0. The van der Waals surface area contributed by atoms with E-state index in [1.165, 1.54) is 0 Å². The van der Waals surface area contributed by atoms with Gasteiger partial charge >= 0.3 is 0 Å². The molecule has 0 aliphatic rings. The minimum Gasteiger partial charge on any atom is -0.484 e. The molecular weight excluding hydrogens is 351 g/mol. The Labute approximate surface area is 130 Å². The number of aromatic nitrogens is 2. The van der Waals surface area contributed by atoms with Gasteiger partial charge in [0.15, 0.2) is 5.75 Å². The number of para-hydroxylation sites is 1. The molecule has 0 radical (unpaired) electrons. The molecule has 3 nitrogen and oxygen atoms in total. The zero-order valence-corrected chi connectivity index (χ0v) is 13.7. The summed E-state index contributed by atoms with van der Waals surface area (Å²) in [7, 11) is 1.89. The first-order chi connectivity index (χ1) is 9.04. The first-order valence-corrected chi connectivity index (χ1v) is 7.36. The van der Waals surface area contributed by atoms with Crippen LogP contribution in [0, 0.1) is 0 Å². The summed E-state index contributed by atoms with van der Waals surface area (Å²) in [5.74, 6) is 0.497. The van der Waals surface area contributed by atoms with Crippen LogP contribution in [0.5, 0.6) is 5.75 Å². The summed E-state index contributed by atoms with van der Waals surface area (Å²) in [6.45, 7) is 2.41. The Morgan fingerprint density at radius 2 is 1.95 bits per heavy atom. The van der Waals surface area contributed by atoms with E-state index in [4.69, 9.17) is 27.9 Å². The van der Waals surface area contributed by atoms with Crippen molar-refractivity contribution in [2.24, 2.45) is 7.05 Å². The zero-order valence-electron chi connectivity index (χ0n) is 10.6. The molecule has 0 atom stereocenters. The zero-order chi connectivity index (χ0) is 14.0. The molecule has 0 N–H and O–H groups in total. The van der Waals surface area contributed by atoms with Crippen molar-refractivity contribution < 1.29 is 4.74 Å². The predicted octanol–water partition coefficient (Wildman–Crippen LogP) is 4.63. The molecule has 0 spiro atoms. The van der Waals surface area contributed by atoms with Crippen molar-refractivity contribution in [3.05, 3.63) is 44.1 Å². The second-order valence-electron chi connectivity index (χ2n) is 4.02. The highest BCUT2D eigenvalue weighted by Gasteiger charge is 2.14. The lowest BCUT2D eigenvalue weighted by Crippen LogP contribution is -2.04. The maximum absolute atomic E-state index is 6.06. The molecule has 0 aliphatic heterocycles. The summed E-state index contributed by atoms with van der Waals surface area (Å²) in [4.78, 5) is 0. The summed E-state index contributed by atoms with van der Waals surface area (Å²) in [6.07, 6.45) is 0.862. The van der Waals surface area contributed by atoms with Crippen LogP contribution in [0.25, 0.3) is 0 Å². The van der Waals surface area contributed by atoms with Crippen LogP contribution in [0.3, 0.4) is 0 Å². The quantitative estimate of drug-likeness (QED) is 0.791. The molecule has 1 heterocycles. The molecule has 1 aromatic carbocycles. The van der Waals surface area contributed by atoms with E-state index in [9.17, 15) is 0 Å². The molecule has 0 bridgehead atoms. The van der Waals surface area contributed by atoms with Crippen molar-refractivity contribution in [1.29, 1.82) is 0 Å². The fraction of sp³-hybridized carbons (Fsp3) is 0.308. The van der Waals surface area contributed by atoms with E-state index < -0.39 is 0 Å². The Balaban J connectivity index is 2.22. The third-order valence-corrected chi connectivity index (χ3v) is 4.29. The van der Waals surface area contributed by atoms with E-state index in [1.54, 1.807) is 22.9 Å². The van der Waals surface area contributed by atoms with E-state index >= 15 is 0 Å². The summed E-state index contributed by atoms with van der Waals surface area (Å²) in [5, 5.41) is 5.41. The van der Waals surface area contributed by atoms with Gasteiger partial charge in [-0.25, -0.2) is 0 Å². The molecule has 0 unspecified atom stereocenters. The molecule has 2 aromatic rings. The van der Waals surface area contributed by atoms with E-state index in [2.05, 4.69) is 28.0 Å². The summed E-state index contributed by atoms with van der Waals surface area (Å²) in [5.41, 5.74) is 1.96. The van der Waals surface area contributed by atoms with Gasteiger partial charge in [-0.2, -0.15) is 5.10 Å². The van der Waals surface area contributed by atoms with Crippen LogP contribution in [-0.4, -0.2) is 9.78 Å². The summed E-state index contributed by atoms with van der Waals surface area (Å²) >= 11 is 15.7. The Bertz CT molecular complexity index is 578. The molecule has 1 aromatic heterocycles. The molecule has 102 valence electrons. The SMILES string of the molecule is CCc1nn(C)c(COc2c(Cl)cccc2Cl)c1Br. The van der Waals surface area contributed by atoms with Crippen molar-refractivity contribution in [2.75, 3.05) is 0 Å². The van der Waals surface area contributed by atoms with Crippen molar-refractivity contribution in [3.63, 3.8) is 0 Å². The molecule has 0 fully saturated rings. The monoisotopic (exact) mass is 362 g/mol. The van der Waals surface area contributed by atoms with Crippen LogP contribution in [0.4, 0.5) is 0 Å². The number of benzene rings is 1. The molecule has 0 aliphatic carbocycles. The number of nitrogens with zero attached hydrogens (tertiary/aromatic N) is 2. The smallest absolute Gasteiger partial charge is 0.157 e. The second kappa shape index (κ2) is 6.16. The minimum absolute atomic E-state index is 0.355. The summed E-state index contributed by atoms with van der Waals surface area (Å²) < 4.78 is 8.49. The number of halogens is 3. The maximum Gasteiger partial charge on any atom is 0.157 e. The van der Waals surface area contributed by atoms with Crippen LogP contribution in [-0.2, 0) is 20.1 Å². The molecular formula is C13H13BrCl2N2O. The fourth-order valence-corrected chi connectivity index (χ4v) is 2.97. The highest BCUT2D eigenvalue weighted by Crippen LogP contribution is 2.33. The largest absolute Gasteiger partial charge is 0.484 e. The maximum atomic E-state index is 6.06.